The van der Waals surface area contributed by atoms with Gasteiger partial charge >= 0.3 is 0 Å². The molecule has 9 heteroatoms. The number of nitrogens with zero attached hydrogens (tertiary/aromatic N) is 1. The van der Waals surface area contributed by atoms with Gasteiger partial charge in [-0.3, -0.25) is 14.8 Å². The molecule has 1 heterocycles. The van der Waals surface area contributed by atoms with E-state index in [1.165, 1.54) is 18.2 Å². The van der Waals surface area contributed by atoms with Crippen molar-refractivity contribution < 1.29 is 13.3 Å². The van der Waals surface area contributed by atoms with Crippen LogP contribution in [0.2, 0.25) is 0 Å². The van der Waals surface area contributed by atoms with Crippen LogP contribution in [0.25, 0.3) is 0 Å². The second-order valence-electron chi connectivity index (χ2n) is 4.60. The average molecular weight is 364 g/mol. The number of halogens is 1. The van der Waals surface area contributed by atoms with Gasteiger partial charge in [0.15, 0.2) is 0 Å². The van der Waals surface area contributed by atoms with Crippen LogP contribution in [0.4, 0.5) is 11.4 Å². The first-order chi connectivity index (χ1) is 9.37. The first-order valence-corrected chi connectivity index (χ1v) is 8.50. The Kier molecular flexibility index (Phi) is 4.61. The molecule has 0 aliphatic carbocycles. The summed E-state index contributed by atoms with van der Waals surface area (Å²) in [7, 11) is -3.55. The number of nitro benzene ring substituents is 1. The van der Waals surface area contributed by atoms with Crippen LogP contribution in [0.5, 0.6) is 0 Å². The highest BCUT2D eigenvalue weighted by Crippen LogP contribution is 2.28. The van der Waals surface area contributed by atoms with E-state index in [9.17, 15) is 18.5 Å². The van der Waals surface area contributed by atoms with Crippen LogP contribution in [-0.4, -0.2) is 31.7 Å². The maximum absolute atomic E-state index is 12.0. The average Bonchev–Trinajstić information content (AvgIpc) is 2.83. The maximum atomic E-state index is 12.0. The fraction of sp³-hybridized carbons (Fsp3) is 0.455. The molecular formula is C11H14BrN3O4S. The van der Waals surface area contributed by atoms with Gasteiger partial charge in [0, 0.05) is 22.6 Å². The summed E-state index contributed by atoms with van der Waals surface area (Å²) in [4.78, 5) is 10.1. The van der Waals surface area contributed by atoms with Gasteiger partial charge in [-0.15, -0.1) is 0 Å². The monoisotopic (exact) mass is 363 g/mol. The van der Waals surface area contributed by atoms with E-state index in [0.717, 1.165) is 19.4 Å². The molecule has 0 amide bonds. The second-order valence-corrected chi connectivity index (χ2v) is 7.22. The molecule has 0 aromatic heterocycles. The number of nitrogens with one attached hydrogen (secondary N) is 2. The molecule has 1 aliphatic heterocycles. The summed E-state index contributed by atoms with van der Waals surface area (Å²) in [6, 6.07) is 3.89. The summed E-state index contributed by atoms with van der Waals surface area (Å²) in [5, 5.41) is 13.8. The van der Waals surface area contributed by atoms with E-state index >= 15 is 0 Å². The highest BCUT2D eigenvalue weighted by molar-refractivity contribution is 9.10. The summed E-state index contributed by atoms with van der Waals surface area (Å²) in [5.41, 5.74) is 0.0158. The minimum absolute atomic E-state index is 0.0396. The van der Waals surface area contributed by atoms with E-state index in [-0.39, 0.29) is 23.2 Å². The quantitative estimate of drug-likeness (QED) is 0.613. The lowest BCUT2D eigenvalue weighted by molar-refractivity contribution is -0.384. The van der Waals surface area contributed by atoms with Gasteiger partial charge < -0.3 is 5.32 Å². The summed E-state index contributed by atoms with van der Waals surface area (Å²) in [5.74, 6) is -0.0396. The van der Waals surface area contributed by atoms with Gasteiger partial charge in [0.1, 0.15) is 0 Å². The van der Waals surface area contributed by atoms with E-state index < -0.39 is 14.9 Å². The third-order valence-electron chi connectivity index (χ3n) is 3.01. The predicted molar refractivity (Wildman–Crippen MR) is 79.2 cm³/mol. The summed E-state index contributed by atoms with van der Waals surface area (Å²) in [6.45, 7) is 0.820. The van der Waals surface area contributed by atoms with Crippen LogP contribution in [-0.2, 0) is 10.0 Å². The minimum Gasteiger partial charge on any atom is -0.313 e. The summed E-state index contributed by atoms with van der Waals surface area (Å²) in [6.07, 6.45) is 1.78. The van der Waals surface area contributed by atoms with Crippen LogP contribution >= 0.6 is 15.9 Å². The summed E-state index contributed by atoms with van der Waals surface area (Å²) < 4.78 is 26.9. The number of hydrogen-bond acceptors (Lipinski definition) is 5. The van der Waals surface area contributed by atoms with Crippen molar-refractivity contribution in [3.63, 3.8) is 0 Å². The van der Waals surface area contributed by atoms with Gasteiger partial charge in [-0.25, -0.2) is 8.42 Å². The molecule has 110 valence electrons. The Bertz CT molecular complexity index is 614. The van der Waals surface area contributed by atoms with Crippen LogP contribution < -0.4 is 10.0 Å². The molecule has 2 N–H and O–H groups in total. The van der Waals surface area contributed by atoms with Crippen molar-refractivity contribution in [2.45, 2.75) is 18.9 Å². The number of rotatable bonds is 5. The van der Waals surface area contributed by atoms with Gasteiger partial charge in [0.25, 0.3) is 5.69 Å². The molecule has 0 radical (unpaired) electrons. The molecule has 1 aromatic carbocycles. The molecular weight excluding hydrogens is 350 g/mol. The Labute approximate surface area is 125 Å². The molecule has 1 atom stereocenters. The summed E-state index contributed by atoms with van der Waals surface area (Å²) >= 11 is 3.18. The van der Waals surface area contributed by atoms with E-state index in [4.69, 9.17) is 0 Å². The third kappa shape index (κ3) is 3.90. The number of nitro groups is 1. The van der Waals surface area contributed by atoms with Crippen molar-refractivity contribution in [2.24, 2.45) is 0 Å². The zero-order valence-corrected chi connectivity index (χ0v) is 12.9. The van der Waals surface area contributed by atoms with Gasteiger partial charge in [0.05, 0.1) is 16.4 Å². The van der Waals surface area contributed by atoms with E-state index in [1.54, 1.807) is 0 Å². The fourth-order valence-corrected chi connectivity index (χ4v) is 3.96. The first kappa shape index (κ1) is 15.2. The normalized spacial score (nSPS) is 18.9. The SMILES string of the molecule is O=[N+]([O-])c1ccc(Br)c(NS(=O)(=O)CC2CCCN2)c1. The molecule has 0 bridgehead atoms. The van der Waals surface area contributed by atoms with Crippen LogP contribution in [0.3, 0.4) is 0 Å². The number of non-ortho nitro benzene ring substituents is 1. The lowest BCUT2D eigenvalue weighted by Gasteiger charge is -2.13. The minimum atomic E-state index is -3.55. The molecule has 1 fully saturated rings. The van der Waals surface area contributed by atoms with Gasteiger partial charge in [-0.05, 0) is 41.4 Å². The Morgan fingerprint density at radius 1 is 1.50 bits per heavy atom. The first-order valence-electron chi connectivity index (χ1n) is 6.05. The van der Waals surface area contributed by atoms with Crippen LogP contribution in [0, 0.1) is 10.1 Å². The largest absolute Gasteiger partial charge is 0.313 e. The van der Waals surface area contributed by atoms with Crippen molar-refractivity contribution in [2.75, 3.05) is 17.0 Å². The van der Waals surface area contributed by atoms with Crippen molar-refractivity contribution in [3.05, 3.63) is 32.8 Å². The zero-order chi connectivity index (χ0) is 14.8. The number of anilines is 1. The maximum Gasteiger partial charge on any atom is 0.271 e. The molecule has 1 unspecified atom stereocenters. The van der Waals surface area contributed by atoms with Crippen LogP contribution in [0.15, 0.2) is 22.7 Å². The standard InChI is InChI=1S/C11H14BrN3O4S/c12-10-4-3-9(15(16)17)6-11(10)14-20(18,19)7-8-2-1-5-13-8/h3-4,6,8,13-14H,1-2,5,7H2. The van der Waals surface area contributed by atoms with Crippen molar-refractivity contribution in [1.82, 2.24) is 5.32 Å². The highest BCUT2D eigenvalue weighted by atomic mass is 79.9. The van der Waals surface area contributed by atoms with E-state index in [1.807, 2.05) is 0 Å². The van der Waals surface area contributed by atoms with E-state index in [2.05, 4.69) is 26.0 Å². The zero-order valence-electron chi connectivity index (χ0n) is 10.5. The Balaban J connectivity index is 2.15. The predicted octanol–water partition coefficient (Wildman–Crippen LogP) is 1.85. The number of benzene rings is 1. The molecule has 0 spiro atoms. The molecule has 0 saturated carbocycles. The Hall–Kier alpha value is -1.19. The highest BCUT2D eigenvalue weighted by Gasteiger charge is 2.23. The fourth-order valence-electron chi connectivity index (χ4n) is 2.08. The molecule has 20 heavy (non-hydrogen) atoms. The molecule has 2 rings (SSSR count). The van der Waals surface area contributed by atoms with Crippen molar-refractivity contribution in [3.8, 4) is 0 Å². The second kappa shape index (κ2) is 6.06. The van der Waals surface area contributed by atoms with Gasteiger partial charge in [-0.2, -0.15) is 0 Å². The lowest BCUT2D eigenvalue weighted by atomic mass is 10.3. The number of sulfonamides is 1. The lowest BCUT2D eigenvalue weighted by Crippen LogP contribution is -2.32. The van der Waals surface area contributed by atoms with Crippen LogP contribution in [0.1, 0.15) is 12.8 Å². The third-order valence-corrected chi connectivity index (χ3v) is 5.07. The number of hydrogen-bond donors (Lipinski definition) is 2. The van der Waals surface area contributed by atoms with Crippen molar-refractivity contribution in [1.29, 1.82) is 0 Å². The van der Waals surface area contributed by atoms with E-state index in [0.29, 0.717) is 4.47 Å². The molecule has 1 aliphatic rings. The van der Waals surface area contributed by atoms with Gasteiger partial charge in [-0.1, -0.05) is 0 Å². The van der Waals surface area contributed by atoms with Gasteiger partial charge in [0.2, 0.25) is 10.0 Å². The topological polar surface area (TPSA) is 101 Å². The smallest absolute Gasteiger partial charge is 0.271 e. The molecule has 1 aromatic rings. The Morgan fingerprint density at radius 2 is 2.25 bits per heavy atom. The molecule has 7 nitrogen and oxygen atoms in total. The Morgan fingerprint density at radius 3 is 2.85 bits per heavy atom. The van der Waals surface area contributed by atoms with Crippen molar-refractivity contribution >= 4 is 37.3 Å². The molecule has 1 saturated heterocycles.